The molecule has 2 aromatic rings. The van der Waals surface area contributed by atoms with Gasteiger partial charge in [0.05, 0.1) is 5.02 Å². The maximum atomic E-state index is 13.2. The quantitative estimate of drug-likeness (QED) is 0.637. The van der Waals surface area contributed by atoms with Crippen LogP contribution in [0.5, 0.6) is 0 Å². The highest BCUT2D eigenvalue weighted by Crippen LogP contribution is 2.30. The molecule has 0 radical (unpaired) electrons. The molecule has 6 heteroatoms. The third-order valence-corrected chi connectivity index (χ3v) is 3.96. The average Bonchev–Trinajstić information content (AvgIpc) is 2.42. The number of benzene rings is 2. The van der Waals surface area contributed by atoms with E-state index in [1.54, 1.807) is 17.8 Å². The molecule has 2 aromatic carbocycles. The Morgan fingerprint density at radius 1 is 1.35 bits per heavy atom. The van der Waals surface area contributed by atoms with E-state index in [-0.39, 0.29) is 5.02 Å². The van der Waals surface area contributed by atoms with Crippen LogP contribution in [0.3, 0.4) is 0 Å². The van der Waals surface area contributed by atoms with E-state index in [1.807, 2.05) is 24.5 Å². The van der Waals surface area contributed by atoms with E-state index in [0.29, 0.717) is 10.7 Å². The van der Waals surface area contributed by atoms with Crippen LogP contribution in [0.25, 0.3) is 0 Å². The molecular formula is C14H12ClFN2S2. The van der Waals surface area contributed by atoms with E-state index in [2.05, 4.69) is 5.32 Å². The molecule has 0 heterocycles. The van der Waals surface area contributed by atoms with Crippen LogP contribution in [-0.4, -0.2) is 11.2 Å². The smallest absolute Gasteiger partial charge is 0.141 e. The van der Waals surface area contributed by atoms with Crippen molar-refractivity contribution in [2.45, 2.75) is 4.90 Å². The summed E-state index contributed by atoms with van der Waals surface area (Å²) in [6, 6.07) is 10.2. The summed E-state index contributed by atoms with van der Waals surface area (Å²) in [5.41, 5.74) is 8.01. The molecule has 0 fully saturated rings. The lowest BCUT2D eigenvalue weighted by atomic mass is 10.1. The van der Waals surface area contributed by atoms with Crippen molar-refractivity contribution in [3.63, 3.8) is 0 Å². The molecule has 2 nitrogen and oxygen atoms in total. The van der Waals surface area contributed by atoms with Gasteiger partial charge in [0.15, 0.2) is 0 Å². The molecule has 20 heavy (non-hydrogen) atoms. The van der Waals surface area contributed by atoms with Crippen molar-refractivity contribution in [2.75, 3.05) is 11.6 Å². The number of hydrogen-bond donors (Lipinski definition) is 2. The molecule has 0 saturated carbocycles. The molecule has 0 saturated heterocycles. The number of anilines is 2. The van der Waals surface area contributed by atoms with Crippen molar-refractivity contribution in [1.82, 2.24) is 0 Å². The third kappa shape index (κ3) is 3.23. The number of hydrogen-bond acceptors (Lipinski definition) is 3. The van der Waals surface area contributed by atoms with E-state index in [4.69, 9.17) is 29.6 Å². The Bertz CT molecular complexity index is 662. The topological polar surface area (TPSA) is 38.0 Å². The molecule has 0 unspecified atom stereocenters. The maximum absolute atomic E-state index is 13.2. The van der Waals surface area contributed by atoms with Crippen LogP contribution in [-0.2, 0) is 0 Å². The Balaban J connectivity index is 2.42. The van der Waals surface area contributed by atoms with E-state index in [9.17, 15) is 4.39 Å². The number of rotatable bonds is 4. The highest BCUT2D eigenvalue weighted by molar-refractivity contribution is 7.98. The highest BCUT2D eigenvalue weighted by atomic mass is 35.5. The Hall–Kier alpha value is -1.30. The summed E-state index contributed by atoms with van der Waals surface area (Å²) < 4.78 is 13.2. The first-order valence-corrected chi connectivity index (χ1v) is 7.73. The average molecular weight is 327 g/mol. The first-order valence-electron chi connectivity index (χ1n) is 5.72. The minimum absolute atomic E-state index is 0.0629. The normalized spacial score (nSPS) is 10.3. The van der Waals surface area contributed by atoms with Crippen molar-refractivity contribution in [1.29, 1.82) is 0 Å². The molecule has 2 rings (SSSR count). The van der Waals surface area contributed by atoms with Crippen molar-refractivity contribution in [3.05, 3.63) is 52.8 Å². The van der Waals surface area contributed by atoms with Gasteiger partial charge in [-0.3, -0.25) is 0 Å². The van der Waals surface area contributed by atoms with Gasteiger partial charge in [0.2, 0.25) is 0 Å². The van der Waals surface area contributed by atoms with Crippen LogP contribution < -0.4 is 11.1 Å². The summed E-state index contributed by atoms with van der Waals surface area (Å²) in [6.07, 6.45) is 1.95. The van der Waals surface area contributed by atoms with Gasteiger partial charge in [0, 0.05) is 21.8 Å². The van der Waals surface area contributed by atoms with Crippen molar-refractivity contribution >= 4 is 51.9 Å². The lowest BCUT2D eigenvalue weighted by Crippen LogP contribution is -2.13. The van der Waals surface area contributed by atoms with Gasteiger partial charge in [-0.25, -0.2) is 4.39 Å². The summed E-state index contributed by atoms with van der Waals surface area (Å²) in [5, 5.41) is 3.23. The fourth-order valence-corrected chi connectivity index (χ4v) is 2.89. The molecule has 0 aliphatic carbocycles. The molecule has 0 bridgehead atoms. The second kappa shape index (κ2) is 6.43. The van der Waals surface area contributed by atoms with E-state index >= 15 is 0 Å². The Morgan fingerprint density at radius 3 is 2.70 bits per heavy atom. The monoisotopic (exact) mass is 326 g/mol. The van der Waals surface area contributed by atoms with Gasteiger partial charge in [-0.1, -0.05) is 29.9 Å². The van der Waals surface area contributed by atoms with Gasteiger partial charge in [0.25, 0.3) is 0 Å². The molecule has 0 spiro atoms. The number of nitrogens with one attached hydrogen (secondary N) is 1. The summed E-state index contributed by atoms with van der Waals surface area (Å²) >= 11 is 12.4. The van der Waals surface area contributed by atoms with Gasteiger partial charge in [0.1, 0.15) is 10.8 Å². The number of thiocarbonyl (C=S) groups is 1. The summed E-state index contributed by atoms with van der Waals surface area (Å²) in [5.74, 6) is -0.454. The zero-order valence-electron chi connectivity index (χ0n) is 10.6. The van der Waals surface area contributed by atoms with E-state index < -0.39 is 5.82 Å². The Labute approximate surface area is 131 Å². The van der Waals surface area contributed by atoms with Crippen LogP contribution in [0.15, 0.2) is 41.3 Å². The fraction of sp³-hybridized carbons (Fsp3) is 0.0714. The zero-order chi connectivity index (χ0) is 14.7. The molecule has 0 aliphatic rings. The van der Waals surface area contributed by atoms with Crippen LogP contribution in [0.4, 0.5) is 15.8 Å². The van der Waals surface area contributed by atoms with Crippen molar-refractivity contribution in [2.24, 2.45) is 5.73 Å². The lowest BCUT2D eigenvalue weighted by molar-refractivity contribution is 0.628. The SMILES string of the molecule is CSc1cccc(Nc2ccc(F)c(Cl)c2)c1C(N)=S. The minimum Gasteiger partial charge on any atom is -0.389 e. The van der Waals surface area contributed by atoms with E-state index in [0.717, 1.165) is 16.1 Å². The molecule has 0 aliphatic heterocycles. The molecule has 0 aromatic heterocycles. The van der Waals surface area contributed by atoms with Gasteiger partial charge < -0.3 is 11.1 Å². The molecule has 104 valence electrons. The first-order chi connectivity index (χ1) is 9.52. The van der Waals surface area contributed by atoms with Crippen LogP contribution in [0.1, 0.15) is 5.56 Å². The predicted octanol–water partition coefficient (Wildman–Crippen LogP) is 4.58. The maximum Gasteiger partial charge on any atom is 0.141 e. The number of thioether (sulfide) groups is 1. The minimum atomic E-state index is -0.454. The summed E-state index contributed by atoms with van der Waals surface area (Å²) in [4.78, 5) is 1.29. The standard InChI is InChI=1S/C14H12ClFN2S2/c1-20-12-4-2-3-11(13(12)14(17)19)18-8-5-6-10(16)9(15)7-8/h2-7,18H,1H3,(H2,17,19). The van der Waals surface area contributed by atoms with Crippen LogP contribution >= 0.6 is 35.6 Å². The van der Waals surface area contributed by atoms with Crippen molar-refractivity contribution < 1.29 is 4.39 Å². The van der Waals surface area contributed by atoms with Crippen LogP contribution in [0, 0.1) is 5.82 Å². The highest BCUT2D eigenvalue weighted by Gasteiger charge is 2.11. The van der Waals surface area contributed by atoms with Crippen LogP contribution in [0.2, 0.25) is 5.02 Å². The number of nitrogens with two attached hydrogens (primary N) is 1. The second-order valence-electron chi connectivity index (χ2n) is 4.00. The molecular weight excluding hydrogens is 315 g/mol. The predicted molar refractivity (Wildman–Crippen MR) is 88.8 cm³/mol. The van der Waals surface area contributed by atoms with E-state index in [1.165, 1.54) is 12.1 Å². The largest absolute Gasteiger partial charge is 0.389 e. The third-order valence-electron chi connectivity index (χ3n) is 2.69. The molecule has 3 N–H and O–H groups in total. The van der Waals surface area contributed by atoms with Gasteiger partial charge in [-0.05, 0) is 36.6 Å². The first kappa shape index (κ1) is 15.1. The van der Waals surface area contributed by atoms with Gasteiger partial charge in [-0.2, -0.15) is 0 Å². The fourth-order valence-electron chi connectivity index (χ4n) is 1.79. The molecule has 0 amide bonds. The molecule has 0 atom stereocenters. The second-order valence-corrected chi connectivity index (χ2v) is 5.70. The summed E-state index contributed by atoms with van der Waals surface area (Å²) in [6.45, 7) is 0. The zero-order valence-corrected chi connectivity index (χ0v) is 13.0. The lowest BCUT2D eigenvalue weighted by Gasteiger charge is -2.14. The van der Waals surface area contributed by atoms with Gasteiger partial charge >= 0.3 is 0 Å². The van der Waals surface area contributed by atoms with Crippen molar-refractivity contribution in [3.8, 4) is 0 Å². The Kier molecular flexibility index (Phi) is 4.86. The summed E-state index contributed by atoms with van der Waals surface area (Å²) in [7, 11) is 0. The number of halogens is 2. The van der Waals surface area contributed by atoms with Gasteiger partial charge in [-0.15, -0.1) is 11.8 Å². The Morgan fingerprint density at radius 2 is 2.10 bits per heavy atom.